The molecular formula is C22H20N6O4S. The van der Waals surface area contributed by atoms with E-state index in [0.717, 1.165) is 21.3 Å². The van der Waals surface area contributed by atoms with Gasteiger partial charge in [0.15, 0.2) is 0 Å². The normalized spacial score (nSPS) is 11.6. The van der Waals surface area contributed by atoms with Crippen LogP contribution >= 0.6 is 11.3 Å². The molecule has 10 nitrogen and oxygen atoms in total. The van der Waals surface area contributed by atoms with E-state index in [9.17, 15) is 14.4 Å². The van der Waals surface area contributed by atoms with E-state index in [0.29, 0.717) is 10.8 Å². The predicted molar refractivity (Wildman–Crippen MR) is 122 cm³/mol. The number of carboxylic acids is 1. The van der Waals surface area contributed by atoms with Gasteiger partial charge in [-0.05, 0) is 24.6 Å². The Morgan fingerprint density at radius 3 is 2.55 bits per heavy atom. The van der Waals surface area contributed by atoms with Crippen LogP contribution in [0, 0.1) is 6.92 Å². The molecule has 1 aromatic carbocycles. The second kappa shape index (κ2) is 9.57. The molecule has 4 aromatic rings. The van der Waals surface area contributed by atoms with E-state index in [4.69, 9.17) is 5.11 Å². The first kappa shape index (κ1) is 22.1. The van der Waals surface area contributed by atoms with Crippen molar-refractivity contribution >= 4 is 22.4 Å². The number of hydrogen-bond acceptors (Lipinski definition) is 7. The van der Waals surface area contributed by atoms with Crippen molar-refractivity contribution in [1.82, 2.24) is 24.1 Å². The third kappa shape index (κ3) is 5.21. The average molecular weight is 465 g/mol. The van der Waals surface area contributed by atoms with E-state index in [1.54, 1.807) is 12.4 Å². The number of rotatable bonds is 7. The highest BCUT2D eigenvalue weighted by molar-refractivity contribution is 7.13. The summed E-state index contributed by atoms with van der Waals surface area (Å²) in [6, 6.07) is 11.2. The van der Waals surface area contributed by atoms with E-state index >= 15 is 0 Å². The Hall–Kier alpha value is -4.12. The molecule has 0 fully saturated rings. The Balaban J connectivity index is 1.81. The van der Waals surface area contributed by atoms with Crippen LogP contribution in [0.15, 0.2) is 68.8 Å². The topological polar surface area (TPSA) is 135 Å². The van der Waals surface area contributed by atoms with Gasteiger partial charge in [-0.3, -0.25) is 19.3 Å². The third-order valence-electron chi connectivity index (χ3n) is 4.86. The van der Waals surface area contributed by atoms with E-state index in [-0.39, 0.29) is 25.1 Å². The van der Waals surface area contributed by atoms with Gasteiger partial charge in [0.2, 0.25) is 10.7 Å². The first-order valence-corrected chi connectivity index (χ1v) is 10.9. The van der Waals surface area contributed by atoms with Gasteiger partial charge < -0.3 is 5.11 Å². The first-order chi connectivity index (χ1) is 15.9. The molecule has 0 aliphatic carbocycles. The van der Waals surface area contributed by atoms with Crippen molar-refractivity contribution in [3.63, 3.8) is 0 Å². The summed E-state index contributed by atoms with van der Waals surface area (Å²) in [5, 5.41) is 11.2. The number of thiazole rings is 1. The zero-order valence-electron chi connectivity index (χ0n) is 17.6. The molecule has 0 saturated heterocycles. The third-order valence-corrected chi connectivity index (χ3v) is 5.60. The maximum atomic E-state index is 13.1. The molecule has 3 aromatic heterocycles. The molecule has 0 aliphatic rings. The van der Waals surface area contributed by atoms with E-state index in [1.807, 2.05) is 48.7 Å². The van der Waals surface area contributed by atoms with Crippen molar-refractivity contribution in [3.05, 3.63) is 91.9 Å². The highest BCUT2D eigenvalue weighted by Crippen LogP contribution is 2.25. The zero-order chi connectivity index (χ0) is 23.4. The summed E-state index contributed by atoms with van der Waals surface area (Å²) in [6.07, 6.45) is 2.97. The molecule has 0 radical (unpaired) electrons. The molecule has 0 saturated carbocycles. The van der Waals surface area contributed by atoms with Crippen molar-refractivity contribution in [1.29, 1.82) is 0 Å². The molecular weight excluding hydrogens is 444 g/mol. The number of aliphatic carboxylic acids is 1. The van der Waals surface area contributed by atoms with Crippen LogP contribution in [0.2, 0.25) is 0 Å². The SMILES string of the molecule is Cc1ccc(Cn2c(=O)n(CCC(=O)O)c(=O)[nH]/c2=N\c2nc(-c3ccncc3)cs2)cc1. The average Bonchev–Trinajstić information content (AvgIpc) is 3.26. The van der Waals surface area contributed by atoms with Crippen LogP contribution in [-0.2, 0) is 17.9 Å². The lowest BCUT2D eigenvalue weighted by atomic mass is 10.1. The summed E-state index contributed by atoms with van der Waals surface area (Å²) < 4.78 is 2.17. The summed E-state index contributed by atoms with van der Waals surface area (Å²) in [5.74, 6) is -1.11. The summed E-state index contributed by atoms with van der Waals surface area (Å²) in [6.45, 7) is 1.85. The smallest absolute Gasteiger partial charge is 0.335 e. The maximum absolute atomic E-state index is 13.1. The summed E-state index contributed by atoms with van der Waals surface area (Å²) >= 11 is 1.27. The molecule has 0 amide bonds. The standard InChI is InChI=1S/C22H20N6O4S/c1-14-2-4-15(5-3-14)12-28-19(26-21(31)27(22(28)32)11-8-18(29)30)25-20-24-17(13-33-20)16-6-9-23-10-7-16/h2-7,9-10,13H,8,11-12H2,1H3,(H,29,30)(H,24,25,26,31). The van der Waals surface area contributed by atoms with Gasteiger partial charge in [0, 0.05) is 29.9 Å². The number of H-pyrrole nitrogens is 1. The number of carboxylic acid groups (broad SMARTS) is 1. The molecule has 0 bridgehead atoms. The molecule has 0 spiro atoms. The van der Waals surface area contributed by atoms with Crippen molar-refractivity contribution in [2.75, 3.05) is 0 Å². The molecule has 0 unspecified atom stereocenters. The van der Waals surface area contributed by atoms with Crippen LogP contribution < -0.4 is 17.0 Å². The van der Waals surface area contributed by atoms with Crippen molar-refractivity contribution < 1.29 is 9.90 Å². The van der Waals surface area contributed by atoms with Crippen LogP contribution in [0.4, 0.5) is 5.13 Å². The Labute approximate surface area is 191 Å². The Bertz CT molecular complexity index is 1470. The van der Waals surface area contributed by atoms with Gasteiger partial charge in [0.1, 0.15) is 0 Å². The molecule has 11 heteroatoms. The Kier molecular flexibility index (Phi) is 6.41. The fourth-order valence-electron chi connectivity index (χ4n) is 3.13. The predicted octanol–water partition coefficient (Wildman–Crippen LogP) is 1.92. The molecule has 2 N–H and O–H groups in total. The largest absolute Gasteiger partial charge is 0.481 e. The number of pyridine rings is 1. The van der Waals surface area contributed by atoms with Crippen molar-refractivity contribution in [2.45, 2.75) is 26.4 Å². The van der Waals surface area contributed by atoms with Gasteiger partial charge in [-0.2, -0.15) is 4.99 Å². The van der Waals surface area contributed by atoms with Gasteiger partial charge in [-0.1, -0.05) is 29.8 Å². The van der Waals surface area contributed by atoms with Gasteiger partial charge in [-0.25, -0.2) is 19.1 Å². The van der Waals surface area contributed by atoms with E-state index < -0.39 is 17.3 Å². The summed E-state index contributed by atoms with van der Waals surface area (Å²) in [4.78, 5) is 52.2. The number of aromatic amines is 1. The molecule has 3 heterocycles. The summed E-state index contributed by atoms with van der Waals surface area (Å²) in [5.41, 5.74) is 2.12. The lowest BCUT2D eigenvalue weighted by molar-refractivity contribution is -0.137. The second-order valence-electron chi connectivity index (χ2n) is 7.27. The van der Waals surface area contributed by atoms with Crippen molar-refractivity contribution in [3.8, 4) is 11.3 Å². The molecule has 4 rings (SSSR count). The quantitative estimate of drug-likeness (QED) is 0.429. The molecule has 33 heavy (non-hydrogen) atoms. The zero-order valence-corrected chi connectivity index (χ0v) is 18.5. The molecule has 0 aliphatic heterocycles. The minimum Gasteiger partial charge on any atom is -0.481 e. The Morgan fingerprint density at radius 1 is 1.12 bits per heavy atom. The van der Waals surface area contributed by atoms with Crippen LogP contribution in [0.1, 0.15) is 17.5 Å². The van der Waals surface area contributed by atoms with E-state index in [1.165, 1.54) is 15.9 Å². The highest BCUT2D eigenvalue weighted by atomic mass is 32.1. The fraction of sp³-hybridized carbons (Fsp3) is 0.182. The molecule has 168 valence electrons. The number of nitrogens with zero attached hydrogens (tertiary/aromatic N) is 5. The number of hydrogen-bond donors (Lipinski definition) is 2. The van der Waals surface area contributed by atoms with E-state index in [2.05, 4.69) is 19.9 Å². The minimum atomic E-state index is -1.11. The summed E-state index contributed by atoms with van der Waals surface area (Å²) in [7, 11) is 0. The molecule has 0 atom stereocenters. The van der Waals surface area contributed by atoms with Crippen LogP contribution in [0.5, 0.6) is 0 Å². The monoisotopic (exact) mass is 464 g/mol. The van der Waals surface area contributed by atoms with Gasteiger partial charge in [0.25, 0.3) is 0 Å². The maximum Gasteiger partial charge on any atom is 0.335 e. The van der Waals surface area contributed by atoms with Gasteiger partial charge >= 0.3 is 17.3 Å². The number of benzene rings is 1. The Morgan fingerprint density at radius 2 is 1.85 bits per heavy atom. The number of aryl methyl sites for hydroxylation is 1. The number of nitrogens with one attached hydrogen (secondary N) is 1. The highest BCUT2D eigenvalue weighted by Gasteiger charge is 2.12. The van der Waals surface area contributed by atoms with Crippen LogP contribution in [0.25, 0.3) is 11.3 Å². The number of aromatic nitrogens is 5. The second-order valence-corrected chi connectivity index (χ2v) is 8.10. The number of carbonyl (C=O) groups is 1. The lowest BCUT2D eigenvalue weighted by Gasteiger charge is -2.10. The van der Waals surface area contributed by atoms with Crippen LogP contribution in [-0.4, -0.2) is 35.2 Å². The minimum absolute atomic E-state index is 0.0350. The fourth-order valence-corrected chi connectivity index (χ4v) is 3.82. The van der Waals surface area contributed by atoms with Gasteiger partial charge in [-0.15, -0.1) is 11.3 Å². The van der Waals surface area contributed by atoms with Crippen LogP contribution in [0.3, 0.4) is 0 Å². The van der Waals surface area contributed by atoms with Gasteiger partial charge in [0.05, 0.1) is 18.7 Å². The van der Waals surface area contributed by atoms with Crippen molar-refractivity contribution in [2.24, 2.45) is 4.99 Å². The lowest BCUT2D eigenvalue weighted by Crippen LogP contribution is -2.50. The first-order valence-electron chi connectivity index (χ1n) is 10.0.